The van der Waals surface area contributed by atoms with E-state index < -0.39 is 0 Å². The molecule has 0 fully saturated rings. The Morgan fingerprint density at radius 3 is 2.72 bits per heavy atom. The zero-order valence-electron chi connectivity index (χ0n) is 14.3. The molecule has 3 rings (SSSR count). The lowest BCUT2D eigenvalue weighted by Gasteiger charge is -2.09. The van der Waals surface area contributed by atoms with Crippen molar-refractivity contribution in [1.82, 2.24) is 0 Å². The number of rotatable bonds is 4. The van der Waals surface area contributed by atoms with Crippen LogP contribution in [-0.2, 0) is 15.3 Å². The number of hydrogen-bond acceptors (Lipinski definition) is 5. The lowest BCUT2D eigenvalue weighted by Crippen LogP contribution is -2.08. The number of fused-ring (bicyclic) bond motifs is 1. The summed E-state index contributed by atoms with van der Waals surface area (Å²) in [6, 6.07) is 16.2. The predicted octanol–water partition coefficient (Wildman–Crippen LogP) is 4.83. The number of aliphatic imine (C=N–C) groups is 1. The van der Waals surface area contributed by atoms with Gasteiger partial charge in [-0.3, -0.25) is 4.79 Å². The molecule has 0 aromatic heterocycles. The SMILES string of the molecule is COC(=O)CC1=CC(SCc2ccccc2C)=Nc2ccccc2N1. The molecule has 2 aromatic carbocycles. The smallest absolute Gasteiger partial charge is 0.311 e. The van der Waals surface area contributed by atoms with Crippen molar-refractivity contribution in [2.75, 3.05) is 12.4 Å². The molecule has 1 aliphatic heterocycles. The number of anilines is 1. The van der Waals surface area contributed by atoms with Crippen LogP contribution in [0.1, 0.15) is 17.5 Å². The van der Waals surface area contributed by atoms with Gasteiger partial charge in [-0.1, -0.05) is 36.4 Å². The zero-order valence-corrected chi connectivity index (χ0v) is 15.1. The Morgan fingerprint density at radius 2 is 1.92 bits per heavy atom. The lowest BCUT2D eigenvalue weighted by molar-refractivity contribution is -0.139. The van der Waals surface area contributed by atoms with Gasteiger partial charge in [0, 0.05) is 11.4 Å². The van der Waals surface area contributed by atoms with Crippen LogP contribution in [0.5, 0.6) is 0 Å². The topological polar surface area (TPSA) is 50.7 Å². The van der Waals surface area contributed by atoms with E-state index in [4.69, 9.17) is 9.73 Å². The number of esters is 1. The molecule has 0 aliphatic carbocycles. The maximum atomic E-state index is 11.7. The van der Waals surface area contributed by atoms with E-state index >= 15 is 0 Å². The van der Waals surface area contributed by atoms with Gasteiger partial charge in [0.1, 0.15) is 0 Å². The van der Waals surface area contributed by atoms with Crippen LogP contribution in [0.2, 0.25) is 0 Å². The highest BCUT2D eigenvalue weighted by molar-refractivity contribution is 8.13. The first-order chi connectivity index (χ1) is 12.2. The Labute approximate surface area is 152 Å². The summed E-state index contributed by atoms with van der Waals surface area (Å²) in [4.78, 5) is 16.4. The molecule has 0 unspecified atom stereocenters. The number of para-hydroxylation sites is 2. The molecule has 25 heavy (non-hydrogen) atoms. The standard InChI is InChI=1S/C20H20N2O2S/c1-14-7-3-4-8-15(14)13-25-19-11-16(12-20(23)24-2)21-17-9-5-6-10-18(17)22-19/h3-11,21H,12-13H2,1-2H3. The summed E-state index contributed by atoms with van der Waals surface area (Å²) in [5.41, 5.74) is 5.09. The molecule has 1 heterocycles. The van der Waals surface area contributed by atoms with Crippen LogP contribution in [0.15, 0.2) is 65.3 Å². The number of thioether (sulfide) groups is 1. The van der Waals surface area contributed by atoms with Gasteiger partial charge in [0.15, 0.2) is 0 Å². The number of aryl methyl sites for hydroxylation is 1. The molecule has 1 aliphatic rings. The molecule has 128 valence electrons. The third kappa shape index (κ3) is 4.51. The molecule has 0 saturated carbocycles. The third-order valence-electron chi connectivity index (χ3n) is 3.93. The summed E-state index contributed by atoms with van der Waals surface area (Å²) in [6.45, 7) is 2.11. The van der Waals surface area contributed by atoms with Crippen molar-refractivity contribution in [2.24, 2.45) is 4.99 Å². The molecule has 2 aromatic rings. The number of carbonyl (C=O) groups excluding carboxylic acids is 1. The van der Waals surface area contributed by atoms with Gasteiger partial charge in [-0.05, 0) is 36.3 Å². The maximum absolute atomic E-state index is 11.7. The molecular formula is C20H20N2O2S. The summed E-state index contributed by atoms with van der Waals surface area (Å²) in [7, 11) is 1.40. The van der Waals surface area contributed by atoms with E-state index in [0.717, 1.165) is 27.9 Å². The Hall–Kier alpha value is -2.53. The summed E-state index contributed by atoms with van der Waals surface area (Å²) >= 11 is 1.66. The van der Waals surface area contributed by atoms with E-state index in [-0.39, 0.29) is 12.4 Å². The minimum atomic E-state index is -0.276. The molecule has 5 heteroatoms. The summed E-state index contributed by atoms with van der Waals surface area (Å²) in [5.74, 6) is 0.553. The van der Waals surface area contributed by atoms with Gasteiger partial charge in [-0.2, -0.15) is 0 Å². The molecule has 1 N–H and O–H groups in total. The molecule has 0 radical (unpaired) electrons. The number of nitrogens with one attached hydrogen (secondary N) is 1. The summed E-state index contributed by atoms with van der Waals surface area (Å²) in [5, 5.41) is 4.17. The molecular weight excluding hydrogens is 332 g/mol. The second-order valence-corrected chi connectivity index (χ2v) is 6.73. The van der Waals surface area contributed by atoms with E-state index in [0.29, 0.717) is 0 Å². The number of carbonyl (C=O) groups is 1. The van der Waals surface area contributed by atoms with Gasteiger partial charge in [0.05, 0.1) is 29.9 Å². The number of benzene rings is 2. The first-order valence-corrected chi connectivity index (χ1v) is 9.03. The highest BCUT2D eigenvalue weighted by Crippen LogP contribution is 2.31. The minimum absolute atomic E-state index is 0.189. The second-order valence-electron chi connectivity index (χ2n) is 5.73. The van der Waals surface area contributed by atoms with Gasteiger partial charge >= 0.3 is 5.97 Å². The molecule has 0 atom stereocenters. The monoisotopic (exact) mass is 352 g/mol. The number of methoxy groups -OCH3 is 1. The highest BCUT2D eigenvalue weighted by atomic mass is 32.2. The Morgan fingerprint density at radius 1 is 1.16 bits per heavy atom. The molecule has 0 amide bonds. The summed E-state index contributed by atoms with van der Waals surface area (Å²) in [6.07, 6.45) is 2.12. The average molecular weight is 352 g/mol. The normalized spacial score (nSPS) is 13.0. The van der Waals surface area contributed by atoms with E-state index in [2.05, 4.69) is 24.4 Å². The number of hydrogen-bond donors (Lipinski definition) is 1. The van der Waals surface area contributed by atoms with Crippen molar-refractivity contribution in [3.63, 3.8) is 0 Å². The van der Waals surface area contributed by atoms with Crippen LogP contribution in [-0.4, -0.2) is 18.1 Å². The largest absolute Gasteiger partial charge is 0.469 e. The van der Waals surface area contributed by atoms with Crippen molar-refractivity contribution in [3.8, 4) is 0 Å². The Bertz CT molecular complexity index is 843. The molecule has 0 saturated heterocycles. The zero-order chi connectivity index (χ0) is 17.6. The van der Waals surface area contributed by atoms with E-state index in [1.807, 2.05) is 42.5 Å². The van der Waals surface area contributed by atoms with Crippen LogP contribution in [0.3, 0.4) is 0 Å². The van der Waals surface area contributed by atoms with Gasteiger partial charge < -0.3 is 10.1 Å². The maximum Gasteiger partial charge on any atom is 0.311 e. The highest BCUT2D eigenvalue weighted by Gasteiger charge is 2.14. The lowest BCUT2D eigenvalue weighted by atomic mass is 10.1. The van der Waals surface area contributed by atoms with Crippen LogP contribution in [0.25, 0.3) is 0 Å². The number of nitrogens with zero attached hydrogens (tertiary/aromatic N) is 1. The van der Waals surface area contributed by atoms with Crippen LogP contribution < -0.4 is 5.32 Å². The van der Waals surface area contributed by atoms with E-state index in [9.17, 15) is 4.79 Å². The molecule has 0 bridgehead atoms. The third-order valence-corrected chi connectivity index (χ3v) is 4.89. The fourth-order valence-corrected chi connectivity index (χ4v) is 3.52. The van der Waals surface area contributed by atoms with Gasteiger partial charge in [-0.15, -0.1) is 11.8 Å². The average Bonchev–Trinajstić information content (AvgIpc) is 2.79. The fraction of sp³-hybridized carbons (Fsp3) is 0.200. The van der Waals surface area contributed by atoms with E-state index in [1.165, 1.54) is 18.2 Å². The van der Waals surface area contributed by atoms with E-state index in [1.54, 1.807) is 11.8 Å². The van der Waals surface area contributed by atoms with Crippen molar-refractivity contribution in [2.45, 2.75) is 19.1 Å². The number of ether oxygens (including phenoxy) is 1. The minimum Gasteiger partial charge on any atom is -0.469 e. The predicted molar refractivity (Wildman–Crippen MR) is 104 cm³/mol. The second kappa shape index (κ2) is 8.03. The van der Waals surface area contributed by atoms with Crippen molar-refractivity contribution in [1.29, 1.82) is 0 Å². The first kappa shape index (κ1) is 17.3. The first-order valence-electron chi connectivity index (χ1n) is 8.05. The van der Waals surface area contributed by atoms with Gasteiger partial charge in [0.2, 0.25) is 0 Å². The fourth-order valence-electron chi connectivity index (χ4n) is 2.51. The van der Waals surface area contributed by atoms with Crippen LogP contribution >= 0.6 is 11.8 Å². The Balaban J connectivity index is 1.85. The van der Waals surface area contributed by atoms with Gasteiger partial charge in [0.25, 0.3) is 0 Å². The van der Waals surface area contributed by atoms with Crippen LogP contribution in [0.4, 0.5) is 11.4 Å². The van der Waals surface area contributed by atoms with Crippen molar-refractivity contribution >= 4 is 34.1 Å². The van der Waals surface area contributed by atoms with Crippen molar-refractivity contribution in [3.05, 3.63) is 71.4 Å². The van der Waals surface area contributed by atoms with Gasteiger partial charge in [-0.25, -0.2) is 4.99 Å². The Kier molecular flexibility index (Phi) is 5.56. The van der Waals surface area contributed by atoms with Crippen molar-refractivity contribution < 1.29 is 9.53 Å². The molecule has 4 nitrogen and oxygen atoms in total. The van der Waals surface area contributed by atoms with Crippen LogP contribution in [0, 0.1) is 6.92 Å². The molecule has 0 spiro atoms. The summed E-state index contributed by atoms with van der Waals surface area (Å²) < 4.78 is 4.80. The quantitative estimate of drug-likeness (QED) is 0.801.